The Hall–Kier alpha value is -3.73. The van der Waals surface area contributed by atoms with Gasteiger partial charge >= 0.3 is 5.97 Å². The quantitative estimate of drug-likeness (QED) is 0.306. The van der Waals surface area contributed by atoms with Crippen molar-refractivity contribution in [2.75, 3.05) is 24.5 Å². The third-order valence-electron chi connectivity index (χ3n) is 9.09. The number of carboxylic acids is 1. The molecular formula is C37H46N4O3. The van der Waals surface area contributed by atoms with E-state index in [2.05, 4.69) is 47.9 Å². The zero-order valence-corrected chi connectivity index (χ0v) is 27.3. The molecule has 5 rings (SSSR count). The molecule has 1 unspecified atom stereocenters. The van der Waals surface area contributed by atoms with Crippen molar-refractivity contribution in [1.29, 1.82) is 5.26 Å². The molecule has 2 aliphatic rings. The van der Waals surface area contributed by atoms with E-state index in [1.807, 2.05) is 58.9 Å². The normalized spacial score (nSPS) is 17.5. The first-order valence-electron chi connectivity index (χ1n) is 15.8. The lowest BCUT2D eigenvalue weighted by molar-refractivity contribution is -0.160. The molecule has 2 aromatic carbocycles. The van der Waals surface area contributed by atoms with Gasteiger partial charge in [0.1, 0.15) is 0 Å². The largest absolute Gasteiger partial charge is 0.479 e. The molecule has 3 heterocycles. The molecule has 1 atom stereocenters. The Morgan fingerprint density at radius 3 is 2.43 bits per heavy atom. The van der Waals surface area contributed by atoms with Crippen molar-refractivity contribution in [3.05, 3.63) is 81.7 Å². The number of pyridine rings is 1. The molecule has 0 saturated carbocycles. The third kappa shape index (κ3) is 6.82. The minimum absolute atomic E-state index is 0.244. The van der Waals surface area contributed by atoms with E-state index in [-0.39, 0.29) is 5.41 Å². The first kappa shape index (κ1) is 31.7. The second-order valence-electron chi connectivity index (χ2n) is 14.2. The fraction of sp³-hybridized carbons (Fsp3) is 0.486. The van der Waals surface area contributed by atoms with E-state index in [9.17, 15) is 15.2 Å². The van der Waals surface area contributed by atoms with Crippen LogP contribution in [0.5, 0.6) is 0 Å². The number of nitriles is 1. The van der Waals surface area contributed by atoms with Gasteiger partial charge in [-0.05, 0) is 87.6 Å². The predicted octanol–water partition coefficient (Wildman–Crippen LogP) is 7.36. The van der Waals surface area contributed by atoms with E-state index in [4.69, 9.17) is 9.72 Å². The van der Waals surface area contributed by atoms with Crippen LogP contribution in [0.25, 0.3) is 11.1 Å². The van der Waals surface area contributed by atoms with Gasteiger partial charge in [-0.3, -0.25) is 9.88 Å². The highest BCUT2D eigenvalue weighted by atomic mass is 16.5. The lowest BCUT2D eigenvalue weighted by atomic mass is 9.81. The van der Waals surface area contributed by atoms with Gasteiger partial charge in [-0.2, -0.15) is 5.26 Å². The summed E-state index contributed by atoms with van der Waals surface area (Å²) >= 11 is 0. The SMILES string of the molecule is Cc1nc(C)c(C(OC(C)(C)C)C(=O)O)c(N2CCC(C)(C)CC2)c1-c1ccc2c(c1)CCN(Cc1ccccc1C#N)C2. The molecule has 1 N–H and O–H groups in total. The summed E-state index contributed by atoms with van der Waals surface area (Å²) < 4.78 is 6.25. The number of hydrogen-bond acceptors (Lipinski definition) is 6. The summed E-state index contributed by atoms with van der Waals surface area (Å²) in [6.45, 7) is 18.4. The summed E-state index contributed by atoms with van der Waals surface area (Å²) in [5, 5.41) is 20.0. The minimum atomic E-state index is -1.13. The van der Waals surface area contributed by atoms with E-state index >= 15 is 0 Å². The lowest BCUT2D eigenvalue weighted by Gasteiger charge is -2.41. The maximum absolute atomic E-state index is 12.8. The third-order valence-corrected chi connectivity index (χ3v) is 9.09. The number of benzene rings is 2. The molecule has 44 heavy (non-hydrogen) atoms. The Morgan fingerprint density at radius 1 is 1.07 bits per heavy atom. The number of hydrogen-bond donors (Lipinski definition) is 1. The zero-order chi connectivity index (χ0) is 31.8. The van der Waals surface area contributed by atoms with Gasteiger partial charge in [0.2, 0.25) is 0 Å². The summed E-state index contributed by atoms with van der Waals surface area (Å²) in [6, 6.07) is 16.8. The van der Waals surface area contributed by atoms with Crippen LogP contribution in [0.2, 0.25) is 0 Å². The molecule has 1 saturated heterocycles. The summed E-state index contributed by atoms with van der Waals surface area (Å²) in [7, 11) is 0. The van der Waals surface area contributed by atoms with Crippen LogP contribution in [-0.4, -0.2) is 46.2 Å². The van der Waals surface area contributed by atoms with E-state index in [1.54, 1.807) is 0 Å². The molecule has 0 amide bonds. The number of piperidine rings is 1. The fourth-order valence-electron chi connectivity index (χ4n) is 6.67. The number of nitrogens with zero attached hydrogens (tertiary/aromatic N) is 4. The van der Waals surface area contributed by atoms with E-state index in [0.29, 0.717) is 11.3 Å². The van der Waals surface area contributed by atoms with Crippen LogP contribution >= 0.6 is 0 Å². The van der Waals surface area contributed by atoms with E-state index in [1.165, 1.54) is 11.1 Å². The summed E-state index contributed by atoms with van der Waals surface area (Å²) in [6.07, 6.45) is 1.83. The average molecular weight is 595 g/mol. The van der Waals surface area contributed by atoms with Crippen molar-refractivity contribution < 1.29 is 14.6 Å². The van der Waals surface area contributed by atoms with Gasteiger partial charge in [0.05, 0.1) is 22.9 Å². The van der Waals surface area contributed by atoms with Crippen molar-refractivity contribution >= 4 is 11.7 Å². The van der Waals surface area contributed by atoms with Gasteiger partial charge in [-0.15, -0.1) is 0 Å². The number of carboxylic acid groups (broad SMARTS) is 1. The second kappa shape index (κ2) is 12.3. The van der Waals surface area contributed by atoms with Crippen LogP contribution in [0.4, 0.5) is 5.69 Å². The molecule has 1 fully saturated rings. The Bertz CT molecular complexity index is 1590. The lowest BCUT2D eigenvalue weighted by Crippen LogP contribution is -2.39. The highest BCUT2D eigenvalue weighted by Crippen LogP contribution is 2.45. The monoisotopic (exact) mass is 594 g/mol. The standard InChI is InChI=1S/C37H46N4O3/c1-24-31(27-12-13-30-23-40(17-14-26(30)20-27)22-29-11-9-8-10-28(29)21-38)33(41-18-15-37(6,7)16-19-41)32(25(2)39-24)34(35(42)43)44-36(3,4)5/h8-13,20,34H,14-19,22-23H2,1-7H3,(H,42,43). The van der Waals surface area contributed by atoms with Gasteiger partial charge < -0.3 is 14.7 Å². The number of aromatic nitrogens is 1. The minimum Gasteiger partial charge on any atom is -0.479 e. The van der Waals surface area contributed by atoms with Crippen LogP contribution in [0.15, 0.2) is 42.5 Å². The molecule has 0 bridgehead atoms. The molecule has 0 spiro atoms. The average Bonchev–Trinajstić information content (AvgIpc) is 2.95. The highest BCUT2D eigenvalue weighted by molar-refractivity contribution is 5.88. The Kier molecular flexibility index (Phi) is 8.89. The number of fused-ring (bicyclic) bond motifs is 1. The number of rotatable bonds is 7. The van der Waals surface area contributed by atoms with Crippen LogP contribution in [-0.2, 0) is 29.0 Å². The molecule has 0 aliphatic carbocycles. The smallest absolute Gasteiger partial charge is 0.337 e. The van der Waals surface area contributed by atoms with E-state index < -0.39 is 17.7 Å². The Labute approximate surface area is 262 Å². The molecule has 232 valence electrons. The van der Waals surface area contributed by atoms with Gasteiger partial charge in [0.15, 0.2) is 6.10 Å². The van der Waals surface area contributed by atoms with Crippen LogP contribution in [0, 0.1) is 30.6 Å². The van der Waals surface area contributed by atoms with Gasteiger partial charge in [-0.25, -0.2) is 4.79 Å². The topological polar surface area (TPSA) is 89.7 Å². The predicted molar refractivity (Wildman–Crippen MR) is 175 cm³/mol. The Balaban J connectivity index is 1.57. The summed E-state index contributed by atoms with van der Waals surface area (Å²) in [4.78, 5) is 22.5. The molecule has 2 aliphatic heterocycles. The first-order valence-corrected chi connectivity index (χ1v) is 15.8. The molecule has 3 aromatic rings. The van der Waals surface area contributed by atoms with Crippen LogP contribution < -0.4 is 4.90 Å². The Morgan fingerprint density at radius 2 is 1.77 bits per heavy atom. The number of aliphatic carboxylic acids is 1. The van der Waals surface area contributed by atoms with Crippen molar-refractivity contribution in [2.24, 2.45) is 5.41 Å². The second-order valence-corrected chi connectivity index (χ2v) is 14.2. The van der Waals surface area contributed by atoms with Crippen LogP contribution in [0.3, 0.4) is 0 Å². The number of carbonyl (C=O) groups is 1. The number of ether oxygens (including phenoxy) is 1. The molecule has 1 aromatic heterocycles. The molecular weight excluding hydrogens is 548 g/mol. The number of anilines is 1. The molecule has 7 nitrogen and oxygen atoms in total. The van der Waals surface area contributed by atoms with Gasteiger partial charge in [0, 0.05) is 55.2 Å². The first-order chi connectivity index (χ1) is 20.8. The van der Waals surface area contributed by atoms with Crippen molar-refractivity contribution in [2.45, 2.75) is 92.5 Å². The summed E-state index contributed by atoms with van der Waals surface area (Å²) in [5.74, 6) is -0.998. The molecule has 0 radical (unpaired) electrons. The molecule has 7 heteroatoms. The number of aryl methyl sites for hydroxylation is 2. The van der Waals surface area contributed by atoms with Crippen molar-refractivity contribution in [1.82, 2.24) is 9.88 Å². The maximum atomic E-state index is 12.8. The highest BCUT2D eigenvalue weighted by Gasteiger charge is 2.36. The van der Waals surface area contributed by atoms with Gasteiger partial charge in [0.25, 0.3) is 0 Å². The maximum Gasteiger partial charge on any atom is 0.337 e. The summed E-state index contributed by atoms with van der Waals surface area (Å²) in [5.41, 5.74) is 9.26. The van der Waals surface area contributed by atoms with Crippen LogP contribution in [0.1, 0.15) is 92.8 Å². The van der Waals surface area contributed by atoms with Gasteiger partial charge in [-0.1, -0.05) is 50.2 Å². The van der Waals surface area contributed by atoms with Crippen molar-refractivity contribution in [3.63, 3.8) is 0 Å². The zero-order valence-electron chi connectivity index (χ0n) is 27.3. The fourth-order valence-corrected chi connectivity index (χ4v) is 6.67. The van der Waals surface area contributed by atoms with Crippen molar-refractivity contribution in [3.8, 4) is 17.2 Å². The van der Waals surface area contributed by atoms with E-state index in [0.717, 1.165) is 85.6 Å².